The van der Waals surface area contributed by atoms with E-state index in [-0.39, 0.29) is 48.6 Å². The molecule has 3 atom stereocenters. The van der Waals surface area contributed by atoms with Crippen LogP contribution in [-0.4, -0.2) is 40.6 Å². The first-order valence-electron chi connectivity index (χ1n) is 9.33. The number of carbonyl (C=O) groups excluding carboxylic acids is 3. The molecular weight excluding hydrogens is 336 g/mol. The second-order valence-electron chi connectivity index (χ2n) is 7.38. The number of fused-ring (bicyclic) bond motifs is 1. The summed E-state index contributed by atoms with van der Waals surface area (Å²) in [5, 5.41) is 4.15. The van der Waals surface area contributed by atoms with Gasteiger partial charge in [0.25, 0.3) is 0 Å². The molecule has 2 saturated heterocycles. The molecule has 4 rings (SSSR count). The van der Waals surface area contributed by atoms with Gasteiger partial charge < -0.3 is 4.90 Å². The van der Waals surface area contributed by atoms with Gasteiger partial charge in [0, 0.05) is 19.5 Å². The average Bonchev–Trinajstić information content (AvgIpc) is 3.35. The average molecular weight is 360 g/mol. The molecule has 0 radical (unpaired) electrons. The Hall–Kier alpha value is -1.69. The molecule has 0 bridgehead atoms. The maximum absolute atomic E-state index is 12.7. The molecule has 1 aromatic heterocycles. The van der Waals surface area contributed by atoms with Crippen molar-refractivity contribution in [2.24, 2.45) is 11.8 Å². The van der Waals surface area contributed by atoms with Crippen LogP contribution in [-0.2, 0) is 14.4 Å². The van der Waals surface area contributed by atoms with Crippen LogP contribution in [0.15, 0.2) is 16.8 Å². The lowest BCUT2D eigenvalue weighted by Crippen LogP contribution is -2.37. The summed E-state index contributed by atoms with van der Waals surface area (Å²) in [7, 11) is 0. The van der Waals surface area contributed by atoms with Gasteiger partial charge in [-0.1, -0.05) is 12.8 Å². The van der Waals surface area contributed by atoms with Gasteiger partial charge in [-0.3, -0.25) is 19.3 Å². The van der Waals surface area contributed by atoms with Gasteiger partial charge in [-0.15, -0.1) is 0 Å². The van der Waals surface area contributed by atoms with Gasteiger partial charge >= 0.3 is 0 Å². The quantitative estimate of drug-likeness (QED) is 0.776. The first-order valence-corrected chi connectivity index (χ1v) is 10.3. The van der Waals surface area contributed by atoms with Gasteiger partial charge in [0.15, 0.2) is 0 Å². The van der Waals surface area contributed by atoms with Gasteiger partial charge in [-0.25, -0.2) is 0 Å². The lowest BCUT2D eigenvalue weighted by atomic mass is 9.81. The lowest BCUT2D eigenvalue weighted by Gasteiger charge is -2.25. The SMILES string of the molecule is O=C1C2CCCCC2C(=O)N1CCC(=O)N1CCCC1c1ccsc1. The first-order chi connectivity index (χ1) is 12.2. The number of nitrogens with zero attached hydrogens (tertiary/aromatic N) is 2. The minimum absolute atomic E-state index is 0.0432. The second kappa shape index (κ2) is 6.90. The number of imide groups is 1. The van der Waals surface area contributed by atoms with Crippen molar-refractivity contribution in [2.45, 2.75) is 51.0 Å². The maximum Gasteiger partial charge on any atom is 0.233 e. The van der Waals surface area contributed by atoms with Crippen LogP contribution in [0.5, 0.6) is 0 Å². The molecule has 2 aliphatic heterocycles. The maximum atomic E-state index is 12.7. The topological polar surface area (TPSA) is 57.7 Å². The Kier molecular flexibility index (Phi) is 4.63. The highest BCUT2D eigenvalue weighted by molar-refractivity contribution is 7.08. The van der Waals surface area contributed by atoms with E-state index in [1.54, 1.807) is 11.3 Å². The van der Waals surface area contributed by atoms with Gasteiger partial charge in [-0.2, -0.15) is 11.3 Å². The number of likely N-dealkylation sites (tertiary alicyclic amines) is 2. The van der Waals surface area contributed by atoms with Crippen molar-refractivity contribution in [1.29, 1.82) is 0 Å². The molecule has 3 fully saturated rings. The fourth-order valence-electron chi connectivity index (χ4n) is 4.68. The van der Waals surface area contributed by atoms with Crippen molar-refractivity contribution < 1.29 is 14.4 Å². The van der Waals surface area contributed by atoms with Crippen LogP contribution in [0.2, 0.25) is 0 Å². The standard InChI is InChI=1S/C19H24N2O3S/c22-17(20-9-3-6-16(20)13-8-11-25-12-13)7-10-21-18(23)14-4-1-2-5-15(14)19(21)24/h8,11-12,14-16H,1-7,9-10H2. The Labute approximate surface area is 152 Å². The van der Waals surface area contributed by atoms with Crippen molar-refractivity contribution >= 4 is 29.1 Å². The number of hydrogen-bond acceptors (Lipinski definition) is 4. The van der Waals surface area contributed by atoms with E-state index in [9.17, 15) is 14.4 Å². The van der Waals surface area contributed by atoms with E-state index < -0.39 is 0 Å². The number of amides is 3. The largest absolute Gasteiger partial charge is 0.336 e. The summed E-state index contributed by atoms with van der Waals surface area (Å²) in [5.74, 6) is -0.274. The lowest BCUT2D eigenvalue weighted by molar-refractivity contribution is -0.141. The highest BCUT2D eigenvalue weighted by Gasteiger charge is 2.48. The van der Waals surface area contributed by atoms with Crippen molar-refractivity contribution in [2.75, 3.05) is 13.1 Å². The molecule has 5 nitrogen and oxygen atoms in total. The number of thiophene rings is 1. The fourth-order valence-corrected chi connectivity index (χ4v) is 5.39. The Bertz CT molecular complexity index is 648. The Morgan fingerprint density at radius 1 is 1.08 bits per heavy atom. The van der Waals surface area contributed by atoms with Crippen LogP contribution >= 0.6 is 11.3 Å². The van der Waals surface area contributed by atoms with Gasteiger partial charge in [0.05, 0.1) is 17.9 Å². The van der Waals surface area contributed by atoms with Crippen molar-refractivity contribution in [3.63, 3.8) is 0 Å². The molecule has 25 heavy (non-hydrogen) atoms. The minimum atomic E-state index is -0.123. The zero-order chi connectivity index (χ0) is 17.4. The highest BCUT2D eigenvalue weighted by atomic mass is 32.1. The zero-order valence-corrected chi connectivity index (χ0v) is 15.2. The normalized spacial score (nSPS) is 29.4. The van der Waals surface area contributed by atoms with Crippen LogP contribution in [0.1, 0.15) is 56.6 Å². The van der Waals surface area contributed by atoms with E-state index in [2.05, 4.69) is 11.4 Å². The van der Waals surface area contributed by atoms with E-state index in [4.69, 9.17) is 0 Å². The van der Waals surface area contributed by atoms with Gasteiger partial charge in [0.1, 0.15) is 0 Å². The summed E-state index contributed by atoms with van der Waals surface area (Å²) in [4.78, 5) is 41.0. The summed E-state index contributed by atoms with van der Waals surface area (Å²) in [5.41, 5.74) is 1.20. The molecule has 1 saturated carbocycles. The van der Waals surface area contributed by atoms with Crippen LogP contribution in [0, 0.1) is 11.8 Å². The van der Waals surface area contributed by atoms with E-state index in [1.165, 1.54) is 10.5 Å². The zero-order valence-electron chi connectivity index (χ0n) is 14.4. The molecule has 1 aromatic rings. The molecule has 1 aliphatic carbocycles. The number of carbonyl (C=O) groups is 3. The van der Waals surface area contributed by atoms with E-state index >= 15 is 0 Å². The summed E-state index contributed by atoms with van der Waals surface area (Å²) in [6, 6.07) is 2.24. The molecule has 6 heteroatoms. The molecule has 0 N–H and O–H groups in total. The molecule has 134 valence electrons. The summed E-state index contributed by atoms with van der Waals surface area (Å²) >= 11 is 1.65. The van der Waals surface area contributed by atoms with E-state index in [1.807, 2.05) is 10.3 Å². The summed E-state index contributed by atoms with van der Waals surface area (Å²) < 4.78 is 0. The smallest absolute Gasteiger partial charge is 0.233 e. The van der Waals surface area contributed by atoms with Gasteiger partial charge in [0.2, 0.25) is 17.7 Å². The van der Waals surface area contributed by atoms with Crippen LogP contribution < -0.4 is 0 Å². The Morgan fingerprint density at radius 3 is 2.44 bits per heavy atom. The molecule has 3 aliphatic rings. The minimum Gasteiger partial charge on any atom is -0.336 e. The van der Waals surface area contributed by atoms with Crippen molar-refractivity contribution in [3.05, 3.63) is 22.4 Å². The summed E-state index contributed by atoms with van der Waals surface area (Å²) in [6.45, 7) is 1.02. The van der Waals surface area contributed by atoms with Crippen LogP contribution in [0.3, 0.4) is 0 Å². The Morgan fingerprint density at radius 2 is 1.80 bits per heavy atom. The second-order valence-corrected chi connectivity index (χ2v) is 8.16. The molecule has 3 amide bonds. The predicted molar refractivity (Wildman–Crippen MR) is 94.8 cm³/mol. The molecule has 0 spiro atoms. The molecule has 0 aromatic carbocycles. The highest BCUT2D eigenvalue weighted by Crippen LogP contribution is 2.38. The third kappa shape index (κ3) is 3.01. The summed E-state index contributed by atoms with van der Waals surface area (Å²) in [6.07, 6.45) is 5.97. The fraction of sp³-hybridized carbons (Fsp3) is 0.632. The Balaban J connectivity index is 1.38. The number of rotatable bonds is 4. The van der Waals surface area contributed by atoms with Crippen LogP contribution in [0.4, 0.5) is 0 Å². The van der Waals surface area contributed by atoms with Crippen LogP contribution in [0.25, 0.3) is 0 Å². The monoisotopic (exact) mass is 360 g/mol. The van der Waals surface area contributed by atoms with E-state index in [0.29, 0.717) is 0 Å². The molecular formula is C19H24N2O3S. The third-order valence-electron chi connectivity index (χ3n) is 5.98. The van der Waals surface area contributed by atoms with Gasteiger partial charge in [-0.05, 0) is 48.1 Å². The van der Waals surface area contributed by atoms with Crippen molar-refractivity contribution in [1.82, 2.24) is 9.80 Å². The first kappa shape index (κ1) is 16.8. The molecule has 3 unspecified atom stereocenters. The predicted octanol–water partition coefficient (Wildman–Crippen LogP) is 2.98. The van der Waals surface area contributed by atoms with Crippen molar-refractivity contribution in [3.8, 4) is 0 Å². The van der Waals surface area contributed by atoms with E-state index in [0.717, 1.165) is 45.1 Å². The number of hydrogen-bond donors (Lipinski definition) is 0. The molecule has 3 heterocycles. The third-order valence-corrected chi connectivity index (χ3v) is 6.68.